The summed E-state index contributed by atoms with van der Waals surface area (Å²) in [5.74, 6) is 0.377. The van der Waals surface area contributed by atoms with E-state index < -0.39 is 16.1 Å². The first-order valence-corrected chi connectivity index (χ1v) is 11.7. The minimum Gasteiger partial charge on any atom is -0.497 e. The first-order valence-electron chi connectivity index (χ1n) is 10.2. The lowest BCUT2D eigenvalue weighted by Crippen LogP contribution is -2.49. The van der Waals surface area contributed by atoms with Crippen molar-refractivity contribution >= 4 is 21.5 Å². The lowest BCUT2D eigenvalue weighted by Gasteiger charge is -2.33. The molecule has 1 amide bonds. The second-order valence-electron chi connectivity index (χ2n) is 7.42. The number of ether oxygens (including phenoxy) is 1. The van der Waals surface area contributed by atoms with Crippen LogP contribution in [0.25, 0.3) is 5.57 Å². The van der Waals surface area contributed by atoms with E-state index >= 15 is 0 Å². The van der Waals surface area contributed by atoms with E-state index in [1.807, 2.05) is 36.4 Å². The molecule has 0 spiro atoms. The second kappa shape index (κ2) is 9.38. The number of methoxy groups -OCH3 is 1. The standard InChI is InChI=1S/C25H24N2O4S/c1-31-21-14-12-20(13-15-21)25(28)26-24-18-27(32(29,30)22-10-6-3-7-11-22)17-16-23(24)19-8-4-2-5-9-19/h2-16,24H,17-18H2,1H3,(H,26,28). The third-order valence-electron chi connectivity index (χ3n) is 5.42. The van der Waals surface area contributed by atoms with Gasteiger partial charge in [0.05, 0.1) is 18.0 Å². The number of nitrogens with one attached hydrogen (secondary N) is 1. The number of amides is 1. The largest absolute Gasteiger partial charge is 0.497 e. The minimum atomic E-state index is -3.69. The fourth-order valence-corrected chi connectivity index (χ4v) is 5.13. The summed E-state index contributed by atoms with van der Waals surface area (Å²) < 4.78 is 32.9. The number of sulfonamides is 1. The molecule has 3 aromatic carbocycles. The molecule has 0 aromatic heterocycles. The van der Waals surface area contributed by atoms with Crippen LogP contribution in [0.4, 0.5) is 0 Å². The smallest absolute Gasteiger partial charge is 0.251 e. The molecular formula is C25H24N2O4S. The summed E-state index contributed by atoms with van der Waals surface area (Å²) in [5, 5.41) is 3.02. The normalized spacial score (nSPS) is 16.8. The monoisotopic (exact) mass is 448 g/mol. The van der Waals surface area contributed by atoms with Crippen molar-refractivity contribution in [2.24, 2.45) is 0 Å². The molecule has 7 heteroatoms. The minimum absolute atomic E-state index is 0.139. The molecular weight excluding hydrogens is 424 g/mol. The molecule has 4 rings (SSSR count). The predicted molar refractivity (Wildman–Crippen MR) is 124 cm³/mol. The molecule has 0 saturated heterocycles. The van der Waals surface area contributed by atoms with Gasteiger partial charge >= 0.3 is 0 Å². The number of hydrogen-bond donors (Lipinski definition) is 1. The fraction of sp³-hybridized carbons (Fsp3) is 0.160. The van der Waals surface area contributed by atoms with Crippen LogP contribution in [0.1, 0.15) is 15.9 Å². The van der Waals surface area contributed by atoms with Crippen LogP contribution >= 0.6 is 0 Å². The quantitative estimate of drug-likeness (QED) is 0.625. The highest BCUT2D eigenvalue weighted by Crippen LogP contribution is 2.27. The van der Waals surface area contributed by atoms with Gasteiger partial charge in [-0.05, 0) is 47.5 Å². The summed E-state index contributed by atoms with van der Waals surface area (Å²) in [6.45, 7) is 0.371. The maximum atomic E-state index is 13.2. The summed E-state index contributed by atoms with van der Waals surface area (Å²) in [4.78, 5) is 13.2. The molecule has 1 atom stereocenters. The number of benzene rings is 3. The van der Waals surface area contributed by atoms with Crippen molar-refractivity contribution in [1.29, 1.82) is 0 Å². The van der Waals surface area contributed by atoms with Crippen molar-refractivity contribution in [2.45, 2.75) is 10.9 Å². The van der Waals surface area contributed by atoms with E-state index in [2.05, 4.69) is 5.32 Å². The van der Waals surface area contributed by atoms with Crippen molar-refractivity contribution in [3.05, 3.63) is 102 Å². The van der Waals surface area contributed by atoms with Gasteiger partial charge in [0.2, 0.25) is 10.0 Å². The van der Waals surface area contributed by atoms with Crippen LogP contribution in [0.5, 0.6) is 5.75 Å². The van der Waals surface area contributed by atoms with E-state index in [1.54, 1.807) is 61.7 Å². The molecule has 1 aliphatic rings. The van der Waals surface area contributed by atoms with Crippen LogP contribution in [0.15, 0.2) is 95.9 Å². The molecule has 0 saturated carbocycles. The third-order valence-corrected chi connectivity index (χ3v) is 7.27. The van der Waals surface area contributed by atoms with Gasteiger partial charge in [-0.2, -0.15) is 4.31 Å². The van der Waals surface area contributed by atoms with Crippen LogP contribution in [-0.4, -0.2) is 44.9 Å². The zero-order valence-corrected chi connectivity index (χ0v) is 18.5. The molecule has 6 nitrogen and oxygen atoms in total. The van der Waals surface area contributed by atoms with Crippen molar-refractivity contribution < 1.29 is 17.9 Å². The van der Waals surface area contributed by atoms with E-state index in [-0.39, 0.29) is 23.9 Å². The summed E-state index contributed by atoms with van der Waals surface area (Å²) in [5.41, 5.74) is 2.32. The van der Waals surface area contributed by atoms with Crippen molar-refractivity contribution in [1.82, 2.24) is 9.62 Å². The Balaban J connectivity index is 1.63. The summed E-state index contributed by atoms with van der Waals surface area (Å²) in [6.07, 6.45) is 1.87. The van der Waals surface area contributed by atoms with Gasteiger partial charge < -0.3 is 10.1 Å². The first kappa shape index (κ1) is 21.8. The second-order valence-corrected chi connectivity index (χ2v) is 9.35. The Labute approximate surface area is 188 Å². The maximum absolute atomic E-state index is 13.2. The van der Waals surface area contributed by atoms with Gasteiger partial charge in [0.15, 0.2) is 0 Å². The number of carbonyl (C=O) groups excluding carboxylic acids is 1. The van der Waals surface area contributed by atoms with Crippen LogP contribution in [0.2, 0.25) is 0 Å². The number of hydrogen-bond acceptors (Lipinski definition) is 4. The summed E-state index contributed by atoms with van der Waals surface area (Å²) >= 11 is 0. The van der Waals surface area contributed by atoms with Crippen LogP contribution in [0, 0.1) is 0 Å². The highest BCUT2D eigenvalue weighted by molar-refractivity contribution is 7.89. The van der Waals surface area contributed by atoms with Gasteiger partial charge in [0.1, 0.15) is 5.75 Å². The lowest BCUT2D eigenvalue weighted by molar-refractivity contribution is 0.0941. The Bertz CT molecular complexity index is 1210. The molecule has 0 aliphatic carbocycles. The topological polar surface area (TPSA) is 75.7 Å². The average Bonchev–Trinajstić information content (AvgIpc) is 2.85. The van der Waals surface area contributed by atoms with Crippen molar-refractivity contribution in [2.75, 3.05) is 20.2 Å². The third kappa shape index (κ3) is 4.59. The van der Waals surface area contributed by atoms with Crippen LogP contribution < -0.4 is 10.1 Å². The molecule has 1 aliphatic heterocycles. The lowest BCUT2D eigenvalue weighted by atomic mass is 9.95. The van der Waals surface area contributed by atoms with Gasteiger partial charge in [-0.15, -0.1) is 0 Å². The zero-order valence-electron chi connectivity index (χ0n) is 17.6. The fourth-order valence-electron chi connectivity index (χ4n) is 3.71. The van der Waals surface area contributed by atoms with Crippen molar-refractivity contribution in [3.63, 3.8) is 0 Å². The molecule has 32 heavy (non-hydrogen) atoms. The molecule has 0 bridgehead atoms. The summed E-state index contributed by atoms with van der Waals surface area (Å²) in [6, 6.07) is 24.3. The Morgan fingerprint density at radius 1 is 0.938 bits per heavy atom. The molecule has 0 radical (unpaired) electrons. The van der Waals surface area contributed by atoms with Gasteiger partial charge in [-0.1, -0.05) is 54.6 Å². The molecule has 164 valence electrons. The van der Waals surface area contributed by atoms with E-state index in [0.717, 1.165) is 11.1 Å². The number of rotatable bonds is 6. The van der Waals surface area contributed by atoms with Gasteiger partial charge in [0.25, 0.3) is 5.91 Å². The Kier molecular flexibility index (Phi) is 6.39. The number of nitrogens with zero attached hydrogens (tertiary/aromatic N) is 1. The molecule has 1 N–H and O–H groups in total. The van der Waals surface area contributed by atoms with Gasteiger partial charge in [0, 0.05) is 18.7 Å². The van der Waals surface area contributed by atoms with E-state index in [0.29, 0.717) is 11.3 Å². The van der Waals surface area contributed by atoms with E-state index in [1.165, 1.54) is 4.31 Å². The zero-order chi connectivity index (χ0) is 22.6. The van der Waals surface area contributed by atoms with Crippen molar-refractivity contribution in [3.8, 4) is 5.75 Å². The molecule has 1 heterocycles. The SMILES string of the molecule is COc1ccc(C(=O)NC2CN(S(=O)(=O)c3ccccc3)CC=C2c2ccccc2)cc1. The molecule has 1 unspecified atom stereocenters. The number of carbonyl (C=O) groups is 1. The van der Waals surface area contributed by atoms with E-state index in [9.17, 15) is 13.2 Å². The molecule has 3 aromatic rings. The Hall–Kier alpha value is -3.42. The predicted octanol–water partition coefficient (Wildman–Crippen LogP) is 3.58. The highest BCUT2D eigenvalue weighted by Gasteiger charge is 2.32. The Morgan fingerprint density at radius 2 is 1.56 bits per heavy atom. The van der Waals surface area contributed by atoms with Gasteiger partial charge in [-0.25, -0.2) is 8.42 Å². The average molecular weight is 449 g/mol. The van der Waals surface area contributed by atoms with Crippen LogP contribution in [-0.2, 0) is 10.0 Å². The maximum Gasteiger partial charge on any atom is 0.251 e. The first-order chi connectivity index (χ1) is 15.5. The molecule has 0 fully saturated rings. The Morgan fingerprint density at radius 3 is 2.19 bits per heavy atom. The van der Waals surface area contributed by atoms with Crippen LogP contribution in [0.3, 0.4) is 0 Å². The summed E-state index contributed by atoms with van der Waals surface area (Å²) in [7, 11) is -2.12. The van der Waals surface area contributed by atoms with Gasteiger partial charge in [-0.3, -0.25) is 4.79 Å². The van der Waals surface area contributed by atoms with E-state index in [4.69, 9.17) is 4.74 Å². The highest BCUT2D eigenvalue weighted by atomic mass is 32.2.